The number of rotatable bonds is 7. The maximum Gasteiger partial charge on any atom is 0.234 e. The molecular formula is C18H28N2O2. The molecule has 1 aromatic carbocycles. The first-order valence-corrected chi connectivity index (χ1v) is 8.35. The largest absolute Gasteiger partial charge is 0.387 e. The van der Waals surface area contributed by atoms with Crippen LogP contribution >= 0.6 is 0 Å². The highest BCUT2D eigenvalue weighted by Crippen LogP contribution is 2.18. The number of aliphatic hydroxyl groups is 1. The van der Waals surface area contributed by atoms with Crippen molar-refractivity contribution in [3.63, 3.8) is 0 Å². The van der Waals surface area contributed by atoms with Crippen molar-refractivity contribution in [1.29, 1.82) is 0 Å². The zero-order valence-corrected chi connectivity index (χ0v) is 13.7. The number of nitrogens with one attached hydrogen (secondary N) is 1. The van der Waals surface area contributed by atoms with E-state index in [1.165, 1.54) is 18.4 Å². The number of carbonyl (C=O) groups excluding carboxylic acids is 1. The van der Waals surface area contributed by atoms with Gasteiger partial charge in [0.05, 0.1) is 12.6 Å². The van der Waals surface area contributed by atoms with Crippen molar-refractivity contribution in [3.05, 3.63) is 35.4 Å². The zero-order chi connectivity index (χ0) is 15.9. The molecule has 0 spiro atoms. The smallest absolute Gasteiger partial charge is 0.234 e. The summed E-state index contributed by atoms with van der Waals surface area (Å²) >= 11 is 0. The van der Waals surface area contributed by atoms with Gasteiger partial charge >= 0.3 is 0 Å². The number of benzene rings is 1. The van der Waals surface area contributed by atoms with Crippen LogP contribution in [0.15, 0.2) is 24.3 Å². The van der Waals surface area contributed by atoms with Gasteiger partial charge in [0, 0.05) is 12.6 Å². The second kappa shape index (κ2) is 8.30. The number of nitrogens with zero attached hydrogens (tertiary/aromatic N) is 1. The molecule has 1 amide bonds. The molecule has 2 rings (SSSR count). The van der Waals surface area contributed by atoms with Crippen LogP contribution in [0.1, 0.15) is 49.8 Å². The Morgan fingerprint density at radius 3 is 2.55 bits per heavy atom. The van der Waals surface area contributed by atoms with Gasteiger partial charge in [0.2, 0.25) is 5.91 Å². The van der Waals surface area contributed by atoms with Gasteiger partial charge in [0.1, 0.15) is 0 Å². The lowest BCUT2D eigenvalue weighted by molar-refractivity contribution is -0.123. The Morgan fingerprint density at radius 2 is 1.95 bits per heavy atom. The van der Waals surface area contributed by atoms with E-state index in [4.69, 9.17) is 0 Å². The Morgan fingerprint density at radius 1 is 1.32 bits per heavy atom. The van der Waals surface area contributed by atoms with Gasteiger partial charge in [0.25, 0.3) is 0 Å². The molecule has 1 aliphatic carbocycles. The highest BCUT2D eigenvalue weighted by molar-refractivity contribution is 5.78. The lowest BCUT2D eigenvalue weighted by Crippen LogP contribution is -2.42. The normalized spacial score (nSPS) is 16.9. The maximum absolute atomic E-state index is 12.1. The first-order valence-electron chi connectivity index (χ1n) is 8.35. The SMILES string of the molecule is CCN(CC(=O)NC1CCCC1)CC(O)c1ccc(C)cc1. The van der Waals surface area contributed by atoms with Crippen LogP contribution in [-0.4, -0.2) is 41.6 Å². The molecule has 0 radical (unpaired) electrons. The summed E-state index contributed by atoms with van der Waals surface area (Å²) in [7, 11) is 0. The van der Waals surface area contributed by atoms with Crippen molar-refractivity contribution in [1.82, 2.24) is 10.2 Å². The minimum atomic E-state index is -0.556. The Balaban J connectivity index is 1.82. The fourth-order valence-electron chi connectivity index (χ4n) is 2.99. The first-order chi connectivity index (χ1) is 10.6. The molecule has 0 aliphatic heterocycles. The summed E-state index contributed by atoms with van der Waals surface area (Å²) in [4.78, 5) is 14.1. The highest BCUT2D eigenvalue weighted by Gasteiger charge is 2.19. The Hall–Kier alpha value is -1.39. The number of aryl methyl sites for hydroxylation is 1. The van der Waals surface area contributed by atoms with Gasteiger partial charge in [-0.1, -0.05) is 49.6 Å². The molecule has 1 saturated carbocycles. The van der Waals surface area contributed by atoms with Crippen molar-refractivity contribution in [3.8, 4) is 0 Å². The zero-order valence-electron chi connectivity index (χ0n) is 13.7. The monoisotopic (exact) mass is 304 g/mol. The molecule has 4 heteroatoms. The van der Waals surface area contributed by atoms with Crippen LogP contribution < -0.4 is 5.32 Å². The molecule has 1 aromatic rings. The van der Waals surface area contributed by atoms with Crippen LogP contribution in [0.5, 0.6) is 0 Å². The molecular weight excluding hydrogens is 276 g/mol. The molecule has 2 N–H and O–H groups in total. The number of amides is 1. The molecule has 0 bridgehead atoms. The van der Waals surface area contributed by atoms with Crippen LogP contribution in [-0.2, 0) is 4.79 Å². The Kier molecular flexibility index (Phi) is 6.40. The quantitative estimate of drug-likeness (QED) is 0.813. The van der Waals surface area contributed by atoms with Crippen LogP contribution in [0.2, 0.25) is 0 Å². The van der Waals surface area contributed by atoms with E-state index in [1.54, 1.807) is 0 Å². The summed E-state index contributed by atoms with van der Waals surface area (Å²) in [5, 5.41) is 13.4. The molecule has 122 valence electrons. The molecule has 1 aliphatic rings. The Bertz CT molecular complexity index is 466. The van der Waals surface area contributed by atoms with Crippen molar-refractivity contribution < 1.29 is 9.90 Å². The highest BCUT2D eigenvalue weighted by atomic mass is 16.3. The van der Waals surface area contributed by atoms with Crippen LogP contribution in [0, 0.1) is 6.92 Å². The van der Waals surface area contributed by atoms with Gasteiger partial charge in [0.15, 0.2) is 0 Å². The molecule has 0 saturated heterocycles. The summed E-state index contributed by atoms with van der Waals surface area (Å²) in [6.07, 6.45) is 4.08. The minimum absolute atomic E-state index is 0.0739. The van der Waals surface area contributed by atoms with E-state index in [2.05, 4.69) is 5.32 Å². The third-order valence-electron chi connectivity index (χ3n) is 4.43. The van der Waals surface area contributed by atoms with E-state index in [9.17, 15) is 9.90 Å². The summed E-state index contributed by atoms with van der Waals surface area (Å²) in [5.74, 6) is 0.0739. The minimum Gasteiger partial charge on any atom is -0.387 e. The topological polar surface area (TPSA) is 52.6 Å². The number of carbonyl (C=O) groups is 1. The molecule has 0 aromatic heterocycles. The second-order valence-electron chi connectivity index (χ2n) is 6.30. The van der Waals surface area contributed by atoms with E-state index in [-0.39, 0.29) is 5.91 Å². The van der Waals surface area contributed by atoms with E-state index in [1.807, 2.05) is 43.0 Å². The number of likely N-dealkylation sites (N-methyl/N-ethyl adjacent to an activating group) is 1. The van der Waals surface area contributed by atoms with Crippen molar-refractivity contribution >= 4 is 5.91 Å². The van der Waals surface area contributed by atoms with Crippen molar-refractivity contribution in [2.45, 2.75) is 51.7 Å². The van der Waals surface area contributed by atoms with Gasteiger partial charge in [-0.2, -0.15) is 0 Å². The standard InChI is InChI=1S/C18H28N2O2/c1-3-20(13-18(22)19-16-6-4-5-7-16)12-17(21)15-10-8-14(2)9-11-15/h8-11,16-17,21H,3-7,12-13H2,1-2H3,(H,19,22). The van der Waals surface area contributed by atoms with Crippen molar-refractivity contribution in [2.75, 3.05) is 19.6 Å². The van der Waals surface area contributed by atoms with Gasteiger partial charge in [-0.3, -0.25) is 9.69 Å². The third-order valence-corrected chi connectivity index (χ3v) is 4.43. The van der Waals surface area contributed by atoms with E-state index < -0.39 is 6.10 Å². The van der Waals surface area contributed by atoms with Crippen LogP contribution in [0.3, 0.4) is 0 Å². The van der Waals surface area contributed by atoms with E-state index in [0.29, 0.717) is 19.1 Å². The lowest BCUT2D eigenvalue weighted by atomic mass is 10.1. The molecule has 4 nitrogen and oxygen atoms in total. The molecule has 0 heterocycles. The van der Waals surface area contributed by atoms with Gasteiger partial charge in [-0.05, 0) is 31.9 Å². The predicted molar refractivity (Wildman–Crippen MR) is 88.7 cm³/mol. The third kappa shape index (κ3) is 5.11. The first kappa shape index (κ1) is 17.0. The van der Waals surface area contributed by atoms with Crippen molar-refractivity contribution in [2.24, 2.45) is 0 Å². The van der Waals surface area contributed by atoms with Gasteiger partial charge < -0.3 is 10.4 Å². The fourth-order valence-corrected chi connectivity index (χ4v) is 2.99. The molecule has 1 fully saturated rings. The van der Waals surface area contributed by atoms with Gasteiger partial charge in [-0.25, -0.2) is 0 Å². The van der Waals surface area contributed by atoms with Gasteiger partial charge in [-0.15, -0.1) is 0 Å². The number of hydrogen-bond donors (Lipinski definition) is 2. The fraction of sp³-hybridized carbons (Fsp3) is 0.611. The summed E-state index contributed by atoms with van der Waals surface area (Å²) in [6.45, 7) is 5.64. The summed E-state index contributed by atoms with van der Waals surface area (Å²) < 4.78 is 0. The van der Waals surface area contributed by atoms with Crippen LogP contribution in [0.4, 0.5) is 0 Å². The van der Waals surface area contributed by atoms with E-state index in [0.717, 1.165) is 24.9 Å². The number of hydrogen-bond acceptors (Lipinski definition) is 3. The average Bonchev–Trinajstić information content (AvgIpc) is 2.99. The molecule has 1 unspecified atom stereocenters. The maximum atomic E-state index is 12.1. The second-order valence-corrected chi connectivity index (χ2v) is 6.30. The molecule has 1 atom stereocenters. The molecule has 22 heavy (non-hydrogen) atoms. The lowest BCUT2D eigenvalue weighted by Gasteiger charge is -2.24. The van der Waals surface area contributed by atoms with E-state index >= 15 is 0 Å². The summed E-state index contributed by atoms with van der Waals surface area (Å²) in [6, 6.07) is 8.26. The Labute approximate surface area is 133 Å². The predicted octanol–water partition coefficient (Wildman–Crippen LogP) is 2.41. The average molecular weight is 304 g/mol. The van der Waals surface area contributed by atoms with Crippen LogP contribution in [0.25, 0.3) is 0 Å². The number of aliphatic hydroxyl groups excluding tert-OH is 1. The summed E-state index contributed by atoms with van der Waals surface area (Å²) in [5.41, 5.74) is 2.08.